The molecule has 5 heteroatoms. The van der Waals surface area contributed by atoms with Crippen LogP contribution in [-0.2, 0) is 11.2 Å². The van der Waals surface area contributed by atoms with Gasteiger partial charge in [-0.05, 0) is 24.6 Å². The summed E-state index contributed by atoms with van der Waals surface area (Å²) < 4.78 is 0. The smallest absolute Gasteiger partial charge is 0.327 e. The Morgan fingerprint density at radius 2 is 1.52 bits per heavy atom. The topological polar surface area (TPSA) is 74.7 Å². The molecule has 0 saturated heterocycles. The molecule has 0 spiro atoms. The van der Waals surface area contributed by atoms with Crippen LogP contribution in [0, 0.1) is 6.92 Å². The SMILES string of the molecule is Cc1ccc(C[C@@H](C(=O)O)N2C(=O)c3ccccc3C2=O)cc1. The average molecular weight is 309 g/mol. The number of nitrogens with zero attached hydrogens (tertiary/aromatic N) is 1. The minimum absolute atomic E-state index is 0.0844. The fourth-order valence-corrected chi connectivity index (χ4v) is 2.73. The molecule has 0 unspecified atom stereocenters. The highest BCUT2D eigenvalue weighted by Gasteiger charge is 2.42. The number of fused-ring (bicyclic) bond motifs is 1. The Morgan fingerprint density at radius 3 is 2.00 bits per heavy atom. The van der Waals surface area contributed by atoms with E-state index < -0.39 is 23.8 Å². The lowest BCUT2D eigenvalue weighted by atomic mass is 10.0. The lowest BCUT2D eigenvalue weighted by molar-refractivity contribution is -0.141. The maximum absolute atomic E-state index is 12.4. The van der Waals surface area contributed by atoms with Crippen LogP contribution in [0.5, 0.6) is 0 Å². The van der Waals surface area contributed by atoms with Crippen molar-refractivity contribution < 1.29 is 19.5 Å². The molecule has 1 N–H and O–H groups in total. The molecule has 116 valence electrons. The van der Waals surface area contributed by atoms with Gasteiger partial charge in [-0.25, -0.2) is 4.79 Å². The summed E-state index contributed by atoms with van der Waals surface area (Å²) >= 11 is 0. The first-order valence-electron chi connectivity index (χ1n) is 7.24. The van der Waals surface area contributed by atoms with Crippen molar-refractivity contribution in [3.63, 3.8) is 0 Å². The quantitative estimate of drug-likeness (QED) is 0.879. The predicted molar refractivity (Wildman–Crippen MR) is 83.2 cm³/mol. The molecule has 1 atom stereocenters. The molecule has 0 saturated carbocycles. The molecule has 0 fully saturated rings. The molecule has 1 aliphatic rings. The maximum atomic E-state index is 12.4. The van der Waals surface area contributed by atoms with Crippen molar-refractivity contribution in [1.82, 2.24) is 4.90 Å². The summed E-state index contributed by atoms with van der Waals surface area (Å²) in [7, 11) is 0. The number of carboxylic acids is 1. The first kappa shape index (κ1) is 15.0. The predicted octanol–water partition coefficient (Wildman–Crippen LogP) is 2.29. The van der Waals surface area contributed by atoms with Crippen LogP contribution in [0.1, 0.15) is 31.8 Å². The summed E-state index contributed by atoms with van der Waals surface area (Å²) in [5.74, 6) is -2.30. The largest absolute Gasteiger partial charge is 0.480 e. The Morgan fingerprint density at radius 1 is 1.00 bits per heavy atom. The van der Waals surface area contributed by atoms with Gasteiger partial charge in [-0.1, -0.05) is 42.0 Å². The highest BCUT2D eigenvalue weighted by molar-refractivity contribution is 6.22. The molecule has 23 heavy (non-hydrogen) atoms. The number of imide groups is 1. The van der Waals surface area contributed by atoms with Gasteiger partial charge in [0, 0.05) is 6.42 Å². The van der Waals surface area contributed by atoms with E-state index in [-0.39, 0.29) is 17.5 Å². The van der Waals surface area contributed by atoms with Gasteiger partial charge in [0.2, 0.25) is 0 Å². The van der Waals surface area contributed by atoms with Gasteiger partial charge < -0.3 is 5.11 Å². The third kappa shape index (κ3) is 2.61. The van der Waals surface area contributed by atoms with Crippen LogP contribution in [-0.4, -0.2) is 33.8 Å². The van der Waals surface area contributed by atoms with Crippen LogP contribution >= 0.6 is 0 Å². The lowest BCUT2D eigenvalue weighted by Gasteiger charge is -2.22. The zero-order valence-corrected chi connectivity index (χ0v) is 12.5. The number of benzene rings is 2. The Hall–Kier alpha value is -2.95. The van der Waals surface area contributed by atoms with Crippen molar-refractivity contribution in [2.45, 2.75) is 19.4 Å². The van der Waals surface area contributed by atoms with Gasteiger partial charge in [-0.15, -0.1) is 0 Å². The number of hydrogen-bond acceptors (Lipinski definition) is 3. The number of carboxylic acid groups (broad SMARTS) is 1. The third-order valence-electron chi connectivity index (χ3n) is 3.97. The fourth-order valence-electron chi connectivity index (χ4n) is 2.73. The Bertz CT molecular complexity index is 760. The van der Waals surface area contributed by atoms with Crippen molar-refractivity contribution in [1.29, 1.82) is 0 Å². The molecule has 2 aromatic carbocycles. The number of aliphatic carboxylic acids is 1. The zero-order chi connectivity index (χ0) is 16.6. The summed E-state index contributed by atoms with van der Waals surface area (Å²) in [6.45, 7) is 1.93. The molecular weight excluding hydrogens is 294 g/mol. The molecule has 1 heterocycles. The summed E-state index contributed by atoms with van der Waals surface area (Å²) in [5.41, 5.74) is 2.33. The molecule has 0 aliphatic carbocycles. The fraction of sp³-hybridized carbons (Fsp3) is 0.167. The van der Waals surface area contributed by atoms with Crippen LogP contribution in [0.15, 0.2) is 48.5 Å². The van der Waals surface area contributed by atoms with E-state index in [1.807, 2.05) is 31.2 Å². The van der Waals surface area contributed by atoms with E-state index in [1.54, 1.807) is 24.3 Å². The minimum atomic E-state index is -1.22. The van der Waals surface area contributed by atoms with E-state index >= 15 is 0 Å². The van der Waals surface area contributed by atoms with Crippen molar-refractivity contribution in [2.75, 3.05) is 0 Å². The second kappa shape index (κ2) is 5.68. The van der Waals surface area contributed by atoms with Gasteiger partial charge in [0.05, 0.1) is 11.1 Å². The normalized spacial score (nSPS) is 14.7. The van der Waals surface area contributed by atoms with Gasteiger partial charge in [-0.2, -0.15) is 0 Å². The van der Waals surface area contributed by atoms with Crippen molar-refractivity contribution in [3.8, 4) is 0 Å². The number of aryl methyl sites for hydroxylation is 1. The molecule has 0 bridgehead atoms. The number of carbonyl (C=O) groups is 3. The molecule has 0 aromatic heterocycles. The highest BCUT2D eigenvalue weighted by atomic mass is 16.4. The molecular formula is C18H15NO4. The third-order valence-corrected chi connectivity index (χ3v) is 3.97. The second-order valence-electron chi connectivity index (χ2n) is 5.57. The van der Waals surface area contributed by atoms with Crippen LogP contribution in [0.25, 0.3) is 0 Å². The van der Waals surface area contributed by atoms with Crippen molar-refractivity contribution in [3.05, 3.63) is 70.8 Å². The van der Waals surface area contributed by atoms with E-state index in [4.69, 9.17) is 0 Å². The molecule has 3 rings (SSSR count). The number of hydrogen-bond donors (Lipinski definition) is 1. The standard InChI is InChI=1S/C18H15NO4/c1-11-6-8-12(9-7-11)10-15(18(22)23)19-16(20)13-4-2-3-5-14(13)17(19)21/h2-9,15H,10H2,1H3,(H,22,23)/t15-/m0/s1. The van der Waals surface area contributed by atoms with Gasteiger partial charge >= 0.3 is 5.97 Å². The van der Waals surface area contributed by atoms with Gasteiger partial charge in [0.25, 0.3) is 11.8 Å². The van der Waals surface area contributed by atoms with Gasteiger partial charge in [-0.3, -0.25) is 14.5 Å². The Kier molecular flexibility index (Phi) is 3.70. The molecule has 1 aliphatic heterocycles. The second-order valence-corrected chi connectivity index (χ2v) is 5.57. The van der Waals surface area contributed by atoms with E-state index in [9.17, 15) is 19.5 Å². The maximum Gasteiger partial charge on any atom is 0.327 e. The molecule has 0 radical (unpaired) electrons. The highest BCUT2D eigenvalue weighted by Crippen LogP contribution is 2.26. The first-order valence-corrected chi connectivity index (χ1v) is 7.24. The lowest BCUT2D eigenvalue weighted by Crippen LogP contribution is -2.46. The van der Waals surface area contributed by atoms with E-state index in [0.717, 1.165) is 16.0 Å². The van der Waals surface area contributed by atoms with Gasteiger partial charge in [0.1, 0.15) is 6.04 Å². The average Bonchev–Trinajstić information content (AvgIpc) is 2.79. The van der Waals surface area contributed by atoms with Crippen LogP contribution in [0.2, 0.25) is 0 Å². The molecule has 2 amide bonds. The van der Waals surface area contributed by atoms with Crippen LogP contribution in [0.3, 0.4) is 0 Å². The minimum Gasteiger partial charge on any atom is -0.480 e. The van der Waals surface area contributed by atoms with Gasteiger partial charge in [0.15, 0.2) is 0 Å². The molecule has 5 nitrogen and oxygen atoms in total. The zero-order valence-electron chi connectivity index (χ0n) is 12.5. The first-order chi connectivity index (χ1) is 11.0. The number of carbonyl (C=O) groups excluding carboxylic acids is 2. The van der Waals surface area contributed by atoms with E-state index in [1.165, 1.54) is 0 Å². The Labute approximate surface area is 133 Å². The monoisotopic (exact) mass is 309 g/mol. The summed E-state index contributed by atoms with van der Waals surface area (Å²) in [5, 5.41) is 9.52. The van der Waals surface area contributed by atoms with Crippen LogP contribution in [0.4, 0.5) is 0 Å². The summed E-state index contributed by atoms with van der Waals surface area (Å²) in [6, 6.07) is 12.5. The summed E-state index contributed by atoms with van der Waals surface area (Å²) in [6.07, 6.45) is 0.0844. The van der Waals surface area contributed by atoms with E-state index in [0.29, 0.717) is 0 Å². The Balaban J connectivity index is 1.94. The number of rotatable bonds is 4. The molecule has 2 aromatic rings. The van der Waals surface area contributed by atoms with Crippen LogP contribution < -0.4 is 0 Å². The van der Waals surface area contributed by atoms with Crippen molar-refractivity contribution in [2.24, 2.45) is 0 Å². The van der Waals surface area contributed by atoms with E-state index in [2.05, 4.69) is 0 Å². The summed E-state index contributed by atoms with van der Waals surface area (Å²) in [4.78, 5) is 37.4. The van der Waals surface area contributed by atoms with Crippen molar-refractivity contribution >= 4 is 17.8 Å². The number of amides is 2.